The number of carboxylic acids is 1. The molecule has 0 unspecified atom stereocenters. The number of nitro benzene ring substituents is 1. The Bertz CT molecular complexity index is 843. The Morgan fingerprint density at radius 3 is 2.52 bits per heavy atom. The molecular weight excluding hydrogens is 376 g/mol. The summed E-state index contributed by atoms with van der Waals surface area (Å²) in [6.07, 6.45) is -1.41. The van der Waals surface area contributed by atoms with E-state index in [-0.39, 0.29) is 16.3 Å². The lowest BCUT2D eigenvalue weighted by molar-refractivity contribution is -0.384. The number of hydrogen-bond donors (Lipinski definition) is 2. The molecule has 1 amide bonds. The molecular formula is C18H17ClN2O6. The average Bonchev–Trinajstić information content (AvgIpc) is 2.61. The van der Waals surface area contributed by atoms with Crippen LogP contribution in [0.1, 0.15) is 24.9 Å². The number of carbonyl (C=O) groups is 2. The van der Waals surface area contributed by atoms with E-state index in [1.54, 1.807) is 30.3 Å². The number of nitrogens with zero attached hydrogens (tertiary/aromatic N) is 1. The van der Waals surface area contributed by atoms with Crippen molar-refractivity contribution in [3.05, 3.63) is 69.2 Å². The van der Waals surface area contributed by atoms with E-state index in [0.717, 1.165) is 6.07 Å². The molecule has 2 atom stereocenters. The number of amides is 1. The highest BCUT2D eigenvalue weighted by molar-refractivity contribution is 6.31. The van der Waals surface area contributed by atoms with Gasteiger partial charge in [-0.3, -0.25) is 19.7 Å². The molecule has 2 rings (SSSR count). The van der Waals surface area contributed by atoms with E-state index in [4.69, 9.17) is 21.4 Å². The molecule has 2 N–H and O–H groups in total. The summed E-state index contributed by atoms with van der Waals surface area (Å²) in [5.74, 6) is -1.30. The fourth-order valence-corrected chi connectivity index (χ4v) is 2.62. The summed E-state index contributed by atoms with van der Waals surface area (Å²) in [4.78, 5) is 34.0. The first-order chi connectivity index (χ1) is 12.8. The summed E-state index contributed by atoms with van der Waals surface area (Å²) >= 11 is 6.07. The molecule has 0 bridgehead atoms. The Hall–Kier alpha value is -3.13. The average molecular weight is 393 g/mol. The number of carboxylic acid groups (broad SMARTS) is 1. The molecule has 0 aliphatic rings. The van der Waals surface area contributed by atoms with E-state index in [2.05, 4.69) is 5.32 Å². The number of carbonyl (C=O) groups excluding carboxylic acids is 1. The maximum Gasteiger partial charge on any atom is 0.305 e. The highest BCUT2D eigenvalue weighted by Crippen LogP contribution is 2.29. The van der Waals surface area contributed by atoms with Gasteiger partial charge in [0, 0.05) is 22.7 Å². The van der Waals surface area contributed by atoms with Crippen molar-refractivity contribution in [1.29, 1.82) is 0 Å². The number of aliphatic carboxylic acids is 1. The van der Waals surface area contributed by atoms with Crippen molar-refractivity contribution in [3.63, 3.8) is 0 Å². The number of halogens is 1. The van der Waals surface area contributed by atoms with Crippen LogP contribution in [-0.2, 0) is 9.59 Å². The van der Waals surface area contributed by atoms with Crippen molar-refractivity contribution in [3.8, 4) is 5.75 Å². The highest BCUT2D eigenvalue weighted by atomic mass is 35.5. The van der Waals surface area contributed by atoms with Crippen LogP contribution in [0.25, 0.3) is 0 Å². The highest BCUT2D eigenvalue weighted by Gasteiger charge is 2.25. The number of para-hydroxylation sites is 1. The smallest absolute Gasteiger partial charge is 0.305 e. The SMILES string of the molecule is C[C@@H](Oc1ccccc1)C(=O)N[C@H](CC(=O)O)c1cc([N+](=O)[O-])ccc1Cl. The maximum absolute atomic E-state index is 12.4. The normalized spacial score (nSPS) is 12.7. The van der Waals surface area contributed by atoms with Crippen LogP contribution in [0.15, 0.2) is 48.5 Å². The predicted molar refractivity (Wildman–Crippen MR) is 97.8 cm³/mol. The van der Waals surface area contributed by atoms with Crippen LogP contribution in [0.4, 0.5) is 5.69 Å². The van der Waals surface area contributed by atoms with Gasteiger partial charge in [0.25, 0.3) is 11.6 Å². The zero-order chi connectivity index (χ0) is 20.0. The minimum atomic E-state index is -1.19. The molecule has 0 aliphatic carbocycles. The van der Waals surface area contributed by atoms with Crippen LogP contribution in [0.3, 0.4) is 0 Å². The first-order valence-electron chi connectivity index (χ1n) is 7.95. The Morgan fingerprint density at radius 1 is 1.26 bits per heavy atom. The Labute approximate surface area is 159 Å². The summed E-state index contributed by atoms with van der Waals surface area (Å²) in [7, 11) is 0. The molecule has 0 spiro atoms. The third-order valence-electron chi connectivity index (χ3n) is 3.69. The van der Waals surface area contributed by atoms with E-state index in [0.29, 0.717) is 5.75 Å². The zero-order valence-electron chi connectivity index (χ0n) is 14.3. The summed E-state index contributed by atoms with van der Waals surface area (Å²) in [6, 6.07) is 11.2. The van der Waals surface area contributed by atoms with Gasteiger partial charge < -0.3 is 15.2 Å². The number of hydrogen-bond acceptors (Lipinski definition) is 5. The minimum absolute atomic E-state index is 0.115. The zero-order valence-corrected chi connectivity index (χ0v) is 15.1. The molecule has 0 aromatic heterocycles. The van der Waals surface area contributed by atoms with Crippen LogP contribution < -0.4 is 10.1 Å². The first-order valence-corrected chi connectivity index (χ1v) is 8.33. The molecule has 0 radical (unpaired) electrons. The van der Waals surface area contributed by atoms with Gasteiger partial charge >= 0.3 is 5.97 Å². The van der Waals surface area contributed by atoms with Crippen LogP contribution >= 0.6 is 11.6 Å². The Morgan fingerprint density at radius 2 is 1.93 bits per heavy atom. The molecule has 9 heteroatoms. The van der Waals surface area contributed by atoms with E-state index in [9.17, 15) is 19.7 Å². The number of non-ortho nitro benzene ring substituents is 1. The van der Waals surface area contributed by atoms with Gasteiger partial charge in [0.15, 0.2) is 6.10 Å². The van der Waals surface area contributed by atoms with Gasteiger partial charge in [0.2, 0.25) is 0 Å². The third kappa shape index (κ3) is 5.68. The quantitative estimate of drug-likeness (QED) is 0.525. The van der Waals surface area contributed by atoms with Gasteiger partial charge in [-0.05, 0) is 25.1 Å². The van der Waals surface area contributed by atoms with Gasteiger partial charge in [-0.25, -0.2) is 0 Å². The van der Waals surface area contributed by atoms with Gasteiger partial charge in [0.1, 0.15) is 5.75 Å². The van der Waals surface area contributed by atoms with Crippen LogP contribution in [0.2, 0.25) is 5.02 Å². The first kappa shape index (κ1) is 20.2. The predicted octanol–water partition coefficient (Wildman–Crippen LogP) is 3.35. The van der Waals surface area contributed by atoms with Gasteiger partial charge in [0.05, 0.1) is 17.4 Å². The summed E-state index contributed by atoms with van der Waals surface area (Å²) in [6.45, 7) is 1.51. The van der Waals surface area contributed by atoms with Gasteiger partial charge in [-0.1, -0.05) is 29.8 Å². The molecule has 142 valence electrons. The molecule has 0 aliphatic heterocycles. The second kappa shape index (κ2) is 9.00. The Kier molecular flexibility index (Phi) is 6.73. The molecule has 0 fully saturated rings. The summed E-state index contributed by atoms with van der Waals surface area (Å²) in [5, 5.41) is 22.8. The van der Waals surface area contributed by atoms with Gasteiger partial charge in [-0.15, -0.1) is 0 Å². The van der Waals surface area contributed by atoms with Crippen molar-refractivity contribution in [1.82, 2.24) is 5.32 Å². The second-order valence-corrected chi connectivity index (χ2v) is 6.10. The molecule has 0 saturated heterocycles. The maximum atomic E-state index is 12.4. The van der Waals surface area contributed by atoms with E-state index in [1.807, 2.05) is 0 Å². The molecule has 0 saturated carbocycles. The van der Waals surface area contributed by atoms with Crippen LogP contribution in [-0.4, -0.2) is 28.0 Å². The van der Waals surface area contributed by atoms with E-state index < -0.39 is 35.4 Å². The lowest BCUT2D eigenvalue weighted by Crippen LogP contribution is -2.39. The topological polar surface area (TPSA) is 119 Å². The molecule has 2 aromatic carbocycles. The molecule has 0 heterocycles. The monoisotopic (exact) mass is 392 g/mol. The second-order valence-electron chi connectivity index (χ2n) is 5.70. The number of nitro groups is 1. The van der Waals surface area contributed by atoms with Crippen molar-refractivity contribution in [2.75, 3.05) is 0 Å². The lowest BCUT2D eigenvalue weighted by Gasteiger charge is -2.21. The molecule has 2 aromatic rings. The van der Waals surface area contributed by atoms with Crippen molar-refractivity contribution >= 4 is 29.2 Å². The summed E-state index contributed by atoms with van der Waals surface area (Å²) < 4.78 is 5.51. The van der Waals surface area contributed by atoms with E-state index in [1.165, 1.54) is 19.1 Å². The van der Waals surface area contributed by atoms with Crippen LogP contribution in [0, 0.1) is 10.1 Å². The Balaban J connectivity index is 2.21. The van der Waals surface area contributed by atoms with Crippen LogP contribution in [0.5, 0.6) is 5.75 Å². The fraction of sp³-hybridized carbons (Fsp3) is 0.222. The summed E-state index contributed by atoms with van der Waals surface area (Å²) in [5.41, 5.74) is -0.110. The fourth-order valence-electron chi connectivity index (χ4n) is 2.37. The molecule has 8 nitrogen and oxygen atoms in total. The standard InChI is InChI=1S/C18H17ClN2O6/c1-11(27-13-5-3-2-4-6-13)18(24)20-16(10-17(22)23)14-9-12(21(25)26)7-8-15(14)19/h2-9,11,16H,10H2,1H3,(H,20,24)(H,22,23)/t11-,16-/m1/s1. The van der Waals surface area contributed by atoms with Crippen molar-refractivity contribution < 1.29 is 24.4 Å². The minimum Gasteiger partial charge on any atom is -0.481 e. The number of ether oxygens (including phenoxy) is 1. The number of nitrogens with one attached hydrogen (secondary N) is 1. The van der Waals surface area contributed by atoms with Crippen molar-refractivity contribution in [2.24, 2.45) is 0 Å². The van der Waals surface area contributed by atoms with Gasteiger partial charge in [-0.2, -0.15) is 0 Å². The molecule has 27 heavy (non-hydrogen) atoms. The number of rotatable bonds is 8. The largest absolute Gasteiger partial charge is 0.481 e. The van der Waals surface area contributed by atoms with Crippen molar-refractivity contribution in [2.45, 2.75) is 25.5 Å². The number of benzene rings is 2. The third-order valence-corrected chi connectivity index (χ3v) is 4.03. The lowest BCUT2D eigenvalue weighted by atomic mass is 10.0. The van der Waals surface area contributed by atoms with E-state index >= 15 is 0 Å².